The molecule has 5 aromatic rings. The van der Waals surface area contributed by atoms with Crippen molar-refractivity contribution < 1.29 is 18.7 Å². The van der Waals surface area contributed by atoms with Gasteiger partial charge in [-0.15, -0.1) is 0 Å². The van der Waals surface area contributed by atoms with Crippen LogP contribution in [0.25, 0.3) is 28.2 Å². The van der Waals surface area contributed by atoms with Crippen LogP contribution in [0, 0.1) is 0 Å². The summed E-state index contributed by atoms with van der Waals surface area (Å²) in [4.78, 5) is 33.6. The molecular weight excluding hydrogens is 584 g/mol. The summed E-state index contributed by atoms with van der Waals surface area (Å²) in [5, 5.41) is 3.96. The molecule has 6 rings (SSSR count). The highest BCUT2D eigenvalue weighted by atomic mass is 16.5. The van der Waals surface area contributed by atoms with E-state index in [-0.39, 0.29) is 29.9 Å². The molecule has 1 aliphatic heterocycles. The van der Waals surface area contributed by atoms with E-state index in [1.807, 2.05) is 72.8 Å². The van der Waals surface area contributed by atoms with E-state index in [9.17, 15) is 9.59 Å². The van der Waals surface area contributed by atoms with Gasteiger partial charge in [0.05, 0.1) is 30.7 Å². The number of nitrogens with one attached hydrogen (secondary N) is 1. The Morgan fingerprint density at radius 3 is 2.35 bits per heavy atom. The van der Waals surface area contributed by atoms with Crippen LogP contribution in [0.3, 0.4) is 0 Å². The fourth-order valence-electron chi connectivity index (χ4n) is 6.19. The molecule has 2 aromatic heterocycles. The second-order valence-corrected chi connectivity index (χ2v) is 11.7. The smallest absolute Gasteiger partial charge is 0.439 e. The van der Waals surface area contributed by atoms with Gasteiger partial charge in [0.15, 0.2) is 5.82 Å². The molecule has 3 heterocycles. The Morgan fingerprint density at radius 1 is 0.957 bits per heavy atom. The molecule has 10 nitrogen and oxygen atoms in total. The van der Waals surface area contributed by atoms with Gasteiger partial charge >= 0.3 is 11.8 Å². The first-order chi connectivity index (χ1) is 22.3. The van der Waals surface area contributed by atoms with Crippen molar-refractivity contribution in [3.63, 3.8) is 0 Å². The number of benzene rings is 3. The van der Waals surface area contributed by atoms with Gasteiger partial charge in [-0.3, -0.25) is 14.3 Å². The van der Waals surface area contributed by atoms with Crippen molar-refractivity contribution in [2.24, 2.45) is 0 Å². The van der Waals surface area contributed by atoms with Crippen LogP contribution in [-0.4, -0.2) is 45.1 Å². The molecule has 0 bridgehead atoms. The van der Waals surface area contributed by atoms with Gasteiger partial charge < -0.3 is 14.2 Å². The summed E-state index contributed by atoms with van der Waals surface area (Å²) in [6.45, 7) is 6.18. The lowest BCUT2D eigenvalue weighted by molar-refractivity contribution is -0.0721. The minimum atomic E-state index is -0.639. The van der Waals surface area contributed by atoms with Gasteiger partial charge in [-0.05, 0) is 67.3 Å². The predicted molar refractivity (Wildman–Crippen MR) is 175 cm³/mol. The maximum absolute atomic E-state index is 14.3. The molecule has 0 saturated carbocycles. The molecule has 2 atom stereocenters. The summed E-state index contributed by atoms with van der Waals surface area (Å²) in [5.74, 6) is 0.409. The number of aromatic amines is 1. The van der Waals surface area contributed by atoms with Crippen molar-refractivity contribution in [2.75, 3.05) is 7.11 Å². The number of H-pyrrole nitrogens is 1. The largest absolute Gasteiger partial charge is 0.490 e. The van der Waals surface area contributed by atoms with Gasteiger partial charge in [0.2, 0.25) is 0 Å². The molecule has 3 aromatic carbocycles. The van der Waals surface area contributed by atoms with Gasteiger partial charge in [0.1, 0.15) is 11.9 Å². The zero-order valence-corrected chi connectivity index (χ0v) is 26.5. The standard InChI is InChI=1S/C36H38N4O6/c1-5-9-32-31(21-24-12-17-29(25-10-7-6-8-11-25)30(20-24)33-38-36(42)46-39-33)34(41)40(35(37-32)43-4)26-13-15-27(16-14-26)45-28-18-22(2)44-23(3)19-28/h6-8,10-17,20,22-23,28H,5,9,18-19,21H2,1-4H3,(H,38,39,42). The summed E-state index contributed by atoms with van der Waals surface area (Å²) >= 11 is 0. The molecule has 0 aliphatic carbocycles. The molecule has 238 valence electrons. The molecule has 1 fully saturated rings. The van der Waals surface area contributed by atoms with Crippen LogP contribution in [-0.2, 0) is 17.6 Å². The number of aryl methyl sites for hydroxylation is 1. The van der Waals surface area contributed by atoms with Crippen LogP contribution >= 0.6 is 0 Å². The van der Waals surface area contributed by atoms with E-state index in [0.717, 1.165) is 41.7 Å². The summed E-state index contributed by atoms with van der Waals surface area (Å²) in [6.07, 6.45) is 3.74. The van der Waals surface area contributed by atoms with Crippen LogP contribution in [0.1, 0.15) is 56.9 Å². The first-order valence-corrected chi connectivity index (χ1v) is 15.7. The minimum absolute atomic E-state index is 0.0664. The van der Waals surface area contributed by atoms with Crippen molar-refractivity contribution in [3.05, 3.63) is 111 Å². The van der Waals surface area contributed by atoms with Crippen molar-refractivity contribution in [1.82, 2.24) is 19.7 Å². The first-order valence-electron chi connectivity index (χ1n) is 15.7. The van der Waals surface area contributed by atoms with E-state index in [1.54, 1.807) is 0 Å². The fourth-order valence-corrected chi connectivity index (χ4v) is 6.19. The van der Waals surface area contributed by atoms with E-state index in [2.05, 4.69) is 30.9 Å². The molecule has 1 saturated heterocycles. The van der Waals surface area contributed by atoms with E-state index < -0.39 is 5.76 Å². The Balaban J connectivity index is 1.37. The summed E-state index contributed by atoms with van der Waals surface area (Å²) < 4.78 is 24.1. The Hall–Kier alpha value is -4.96. The Morgan fingerprint density at radius 2 is 1.70 bits per heavy atom. The highest BCUT2D eigenvalue weighted by molar-refractivity contribution is 5.81. The second-order valence-electron chi connectivity index (χ2n) is 11.7. The van der Waals surface area contributed by atoms with Crippen LogP contribution < -0.4 is 20.8 Å². The number of aromatic nitrogens is 4. The quantitative estimate of drug-likeness (QED) is 0.198. The number of hydrogen-bond acceptors (Lipinski definition) is 8. The molecule has 10 heteroatoms. The van der Waals surface area contributed by atoms with Gasteiger partial charge in [-0.1, -0.05) is 61.0 Å². The van der Waals surface area contributed by atoms with Crippen molar-refractivity contribution in [3.8, 4) is 40.0 Å². The number of rotatable bonds is 10. The van der Waals surface area contributed by atoms with E-state index >= 15 is 0 Å². The van der Waals surface area contributed by atoms with Crippen LogP contribution in [0.5, 0.6) is 11.8 Å². The van der Waals surface area contributed by atoms with Crippen LogP contribution in [0.15, 0.2) is 86.9 Å². The topological polar surface area (TPSA) is 121 Å². The van der Waals surface area contributed by atoms with E-state index in [1.165, 1.54) is 11.7 Å². The van der Waals surface area contributed by atoms with Crippen LogP contribution in [0.2, 0.25) is 0 Å². The minimum Gasteiger partial charge on any atom is -0.490 e. The molecular formula is C36H38N4O6. The van der Waals surface area contributed by atoms with E-state index in [0.29, 0.717) is 41.2 Å². The van der Waals surface area contributed by atoms with Crippen molar-refractivity contribution in [2.45, 2.75) is 71.2 Å². The third-order valence-corrected chi connectivity index (χ3v) is 8.20. The first kappa shape index (κ1) is 31.0. The normalized spacial score (nSPS) is 18.0. The Labute approximate surface area is 267 Å². The zero-order chi connectivity index (χ0) is 32.2. The lowest BCUT2D eigenvalue weighted by atomic mass is 9.94. The fraction of sp³-hybridized carbons (Fsp3) is 0.333. The van der Waals surface area contributed by atoms with Gasteiger partial charge in [-0.25, -0.2) is 14.3 Å². The highest BCUT2D eigenvalue weighted by Crippen LogP contribution is 2.32. The summed E-state index contributed by atoms with van der Waals surface area (Å²) in [5.41, 5.74) is 5.06. The third kappa shape index (κ3) is 6.67. The average Bonchev–Trinajstić information content (AvgIpc) is 3.49. The summed E-state index contributed by atoms with van der Waals surface area (Å²) in [7, 11) is 1.52. The third-order valence-electron chi connectivity index (χ3n) is 8.20. The van der Waals surface area contributed by atoms with Gasteiger partial charge in [0.25, 0.3) is 5.56 Å². The number of ether oxygens (including phenoxy) is 3. The monoisotopic (exact) mass is 622 g/mol. The van der Waals surface area contributed by atoms with E-state index in [4.69, 9.17) is 23.7 Å². The molecule has 46 heavy (non-hydrogen) atoms. The lowest BCUT2D eigenvalue weighted by Crippen LogP contribution is -2.35. The Bertz CT molecular complexity index is 1900. The Kier molecular flexibility index (Phi) is 9.16. The molecule has 2 unspecified atom stereocenters. The molecule has 0 spiro atoms. The number of methoxy groups -OCH3 is 1. The SMILES string of the molecule is CCCc1nc(OC)n(-c2ccc(OC3CC(C)OC(C)C3)cc2)c(=O)c1Cc1ccc(-c2ccccc2)c(-c2noc(=O)[nH]2)c1. The maximum Gasteiger partial charge on any atom is 0.439 e. The van der Waals surface area contributed by atoms with Crippen molar-refractivity contribution >= 4 is 0 Å². The van der Waals surface area contributed by atoms with Crippen molar-refractivity contribution in [1.29, 1.82) is 0 Å². The highest BCUT2D eigenvalue weighted by Gasteiger charge is 2.26. The zero-order valence-electron chi connectivity index (χ0n) is 26.5. The second kappa shape index (κ2) is 13.6. The molecule has 1 aliphatic rings. The van der Waals surface area contributed by atoms with Gasteiger partial charge in [0, 0.05) is 30.4 Å². The van der Waals surface area contributed by atoms with Crippen LogP contribution in [0.4, 0.5) is 0 Å². The molecule has 0 amide bonds. The van der Waals surface area contributed by atoms with Gasteiger partial charge in [-0.2, -0.15) is 0 Å². The lowest BCUT2D eigenvalue weighted by Gasteiger charge is -2.32. The summed E-state index contributed by atoms with van der Waals surface area (Å²) in [6, 6.07) is 23.4. The predicted octanol–water partition coefficient (Wildman–Crippen LogP) is 6.13. The average molecular weight is 623 g/mol. The maximum atomic E-state index is 14.3. The number of hydrogen-bond donors (Lipinski definition) is 1. The molecule has 0 radical (unpaired) electrons. The number of nitrogens with zero attached hydrogens (tertiary/aromatic N) is 3. The molecule has 1 N–H and O–H groups in total.